The van der Waals surface area contributed by atoms with E-state index in [1.807, 2.05) is 13.1 Å². The smallest absolute Gasteiger partial charge is 0.126 e. The zero-order valence-electron chi connectivity index (χ0n) is 11.3. The molecule has 0 fully saturated rings. The lowest BCUT2D eigenvalue weighted by Crippen LogP contribution is -2.16. The molecule has 0 heterocycles. The zero-order valence-corrected chi connectivity index (χ0v) is 11.3. The predicted octanol–water partition coefficient (Wildman–Crippen LogP) is 3.69. The molecule has 1 atom stereocenters. The van der Waals surface area contributed by atoms with Gasteiger partial charge in [0.25, 0.3) is 0 Å². The first-order chi connectivity index (χ1) is 9.69. The summed E-state index contributed by atoms with van der Waals surface area (Å²) in [5.41, 5.74) is 0.740. The average molecular weight is 277 g/mol. The minimum atomic E-state index is -0.353. The van der Waals surface area contributed by atoms with E-state index in [0.29, 0.717) is 12.2 Å². The molecule has 0 unspecified atom stereocenters. The van der Waals surface area contributed by atoms with Crippen molar-refractivity contribution in [2.24, 2.45) is 0 Å². The van der Waals surface area contributed by atoms with Crippen molar-refractivity contribution in [2.45, 2.75) is 12.5 Å². The molecule has 0 spiro atoms. The van der Waals surface area contributed by atoms with Crippen LogP contribution >= 0.6 is 0 Å². The van der Waals surface area contributed by atoms with Gasteiger partial charge in [0.1, 0.15) is 23.5 Å². The highest BCUT2D eigenvalue weighted by Crippen LogP contribution is 2.25. The van der Waals surface area contributed by atoms with E-state index in [1.54, 1.807) is 18.2 Å². The monoisotopic (exact) mass is 277 g/mol. The minimum absolute atomic E-state index is 0.306. The van der Waals surface area contributed by atoms with E-state index < -0.39 is 0 Å². The van der Waals surface area contributed by atoms with Crippen LogP contribution in [0.2, 0.25) is 0 Å². The van der Waals surface area contributed by atoms with Crippen LogP contribution in [0.5, 0.6) is 5.75 Å². The molecule has 106 valence electrons. The molecular formula is C16H17F2NO. The normalized spacial score (nSPS) is 12.2. The number of hydrogen-bond donors (Lipinski definition) is 1. The molecule has 0 amide bonds. The van der Waals surface area contributed by atoms with Crippen molar-refractivity contribution < 1.29 is 13.5 Å². The molecule has 4 heteroatoms. The molecule has 20 heavy (non-hydrogen) atoms. The number of nitrogens with one attached hydrogen (secondary N) is 1. The molecule has 2 nitrogen and oxygen atoms in total. The van der Waals surface area contributed by atoms with E-state index in [-0.39, 0.29) is 17.7 Å². The summed E-state index contributed by atoms with van der Waals surface area (Å²) in [6.45, 7) is 0.719. The Balaban J connectivity index is 2.19. The van der Waals surface area contributed by atoms with Gasteiger partial charge in [0, 0.05) is 12.5 Å². The molecule has 0 saturated carbocycles. The van der Waals surface area contributed by atoms with Crippen LogP contribution in [0.15, 0.2) is 48.5 Å². The lowest BCUT2D eigenvalue weighted by atomic mass is 10.1. The number of benzene rings is 2. The SMILES string of the molecule is CNCC[C@@H](Oc1cccc(F)c1)c1cccc(F)c1. The van der Waals surface area contributed by atoms with Gasteiger partial charge in [0.15, 0.2) is 0 Å². The highest BCUT2D eigenvalue weighted by Gasteiger charge is 2.14. The number of halogens is 2. The number of rotatable bonds is 6. The molecule has 0 aliphatic carbocycles. The summed E-state index contributed by atoms with van der Waals surface area (Å²) in [5.74, 6) is -0.218. The third-order valence-corrected chi connectivity index (χ3v) is 2.95. The number of ether oxygens (including phenoxy) is 1. The molecule has 2 rings (SSSR count). The summed E-state index contributed by atoms with van der Waals surface area (Å²) in [4.78, 5) is 0. The van der Waals surface area contributed by atoms with Gasteiger partial charge in [-0.1, -0.05) is 18.2 Å². The summed E-state index contributed by atoms with van der Waals surface area (Å²) in [6, 6.07) is 12.2. The largest absolute Gasteiger partial charge is 0.486 e. The highest BCUT2D eigenvalue weighted by atomic mass is 19.1. The Morgan fingerprint density at radius 2 is 1.75 bits per heavy atom. The van der Waals surface area contributed by atoms with Gasteiger partial charge in [0.2, 0.25) is 0 Å². The van der Waals surface area contributed by atoms with Gasteiger partial charge in [-0.2, -0.15) is 0 Å². The lowest BCUT2D eigenvalue weighted by Gasteiger charge is -2.19. The summed E-state index contributed by atoms with van der Waals surface area (Å²) in [6.07, 6.45) is 0.344. The quantitative estimate of drug-likeness (QED) is 0.869. The van der Waals surface area contributed by atoms with Crippen molar-refractivity contribution in [3.05, 3.63) is 65.7 Å². The van der Waals surface area contributed by atoms with E-state index in [1.165, 1.54) is 24.3 Å². The van der Waals surface area contributed by atoms with Crippen LogP contribution < -0.4 is 10.1 Å². The van der Waals surface area contributed by atoms with E-state index in [9.17, 15) is 8.78 Å². The summed E-state index contributed by atoms with van der Waals surface area (Å²) >= 11 is 0. The molecule has 0 bridgehead atoms. The second-order valence-electron chi connectivity index (χ2n) is 4.51. The van der Waals surface area contributed by atoms with Crippen LogP contribution in [-0.2, 0) is 0 Å². The van der Waals surface area contributed by atoms with Gasteiger partial charge < -0.3 is 10.1 Å². The third kappa shape index (κ3) is 4.03. The molecule has 0 aliphatic heterocycles. The van der Waals surface area contributed by atoms with Gasteiger partial charge in [-0.25, -0.2) is 8.78 Å². The highest BCUT2D eigenvalue weighted by molar-refractivity contribution is 5.25. The van der Waals surface area contributed by atoms with Crippen LogP contribution in [0.25, 0.3) is 0 Å². The lowest BCUT2D eigenvalue weighted by molar-refractivity contribution is 0.194. The van der Waals surface area contributed by atoms with Crippen molar-refractivity contribution >= 4 is 0 Å². The van der Waals surface area contributed by atoms with Crippen molar-refractivity contribution in [1.82, 2.24) is 5.32 Å². The Morgan fingerprint density at radius 3 is 2.40 bits per heavy atom. The maximum atomic E-state index is 13.3. The first-order valence-corrected chi connectivity index (χ1v) is 6.51. The van der Waals surface area contributed by atoms with Crippen LogP contribution in [0, 0.1) is 11.6 Å². The summed E-state index contributed by atoms with van der Waals surface area (Å²) in [5, 5.41) is 3.03. The van der Waals surface area contributed by atoms with Gasteiger partial charge in [-0.3, -0.25) is 0 Å². The third-order valence-electron chi connectivity index (χ3n) is 2.95. The Bertz CT molecular complexity index is 560. The average Bonchev–Trinajstić information content (AvgIpc) is 2.43. The van der Waals surface area contributed by atoms with Crippen molar-refractivity contribution in [3.63, 3.8) is 0 Å². The van der Waals surface area contributed by atoms with Crippen LogP contribution in [0.3, 0.4) is 0 Å². The van der Waals surface area contributed by atoms with Gasteiger partial charge >= 0.3 is 0 Å². The van der Waals surface area contributed by atoms with E-state index in [0.717, 1.165) is 12.1 Å². The molecule has 0 aromatic heterocycles. The molecule has 0 radical (unpaired) electrons. The Morgan fingerprint density at radius 1 is 1.05 bits per heavy atom. The first-order valence-electron chi connectivity index (χ1n) is 6.51. The van der Waals surface area contributed by atoms with Crippen LogP contribution in [-0.4, -0.2) is 13.6 Å². The Kier molecular flexibility index (Phi) is 5.07. The molecule has 0 saturated heterocycles. The molecule has 2 aromatic rings. The second-order valence-corrected chi connectivity index (χ2v) is 4.51. The fraction of sp³-hybridized carbons (Fsp3) is 0.250. The number of hydrogen-bond acceptors (Lipinski definition) is 2. The summed E-state index contributed by atoms with van der Waals surface area (Å²) in [7, 11) is 1.84. The Labute approximate surface area is 117 Å². The second kappa shape index (κ2) is 7.01. The molecule has 1 N–H and O–H groups in total. The molecule has 2 aromatic carbocycles. The topological polar surface area (TPSA) is 21.3 Å². The van der Waals surface area contributed by atoms with Crippen molar-refractivity contribution in [2.75, 3.05) is 13.6 Å². The minimum Gasteiger partial charge on any atom is -0.486 e. The van der Waals surface area contributed by atoms with Crippen LogP contribution in [0.4, 0.5) is 8.78 Å². The maximum Gasteiger partial charge on any atom is 0.126 e. The van der Waals surface area contributed by atoms with E-state index >= 15 is 0 Å². The first kappa shape index (κ1) is 14.5. The van der Waals surface area contributed by atoms with Crippen molar-refractivity contribution in [1.29, 1.82) is 0 Å². The van der Waals surface area contributed by atoms with Gasteiger partial charge in [-0.05, 0) is 43.4 Å². The Hall–Kier alpha value is -1.94. The standard InChI is InChI=1S/C16H17F2NO/c1-19-9-8-16(12-4-2-5-13(17)10-12)20-15-7-3-6-14(18)11-15/h2-7,10-11,16,19H,8-9H2,1H3/t16-/m1/s1. The fourth-order valence-corrected chi connectivity index (χ4v) is 1.98. The zero-order chi connectivity index (χ0) is 14.4. The van der Waals surface area contributed by atoms with E-state index in [2.05, 4.69) is 5.32 Å². The van der Waals surface area contributed by atoms with Gasteiger partial charge in [0.05, 0.1) is 0 Å². The van der Waals surface area contributed by atoms with Gasteiger partial charge in [-0.15, -0.1) is 0 Å². The molecular weight excluding hydrogens is 260 g/mol. The maximum absolute atomic E-state index is 13.3. The fourth-order valence-electron chi connectivity index (χ4n) is 1.98. The van der Waals surface area contributed by atoms with Crippen LogP contribution in [0.1, 0.15) is 18.1 Å². The molecule has 0 aliphatic rings. The summed E-state index contributed by atoms with van der Waals surface area (Å²) < 4.78 is 32.3. The predicted molar refractivity (Wildman–Crippen MR) is 74.7 cm³/mol. The van der Waals surface area contributed by atoms with Crippen molar-refractivity contribution in [3.8, 4) is 5.75 Å². The van der Waals surface area contributed by atoms with E-state index in [4.69, 9.17) is 4.74 Å².